The summed E-state index contributed by atoms with van der Waals surface area (Å²) in [5.41, 5.74) is 3.67. The van der Waals surface area contributed by atoms with E-state index in [1.807, 2.05) is 49.4 Å². The molecule has 0 unspecified atom stereocenters. The van der Waals surface area contributed by atoms with Crippen LogP contribution in [0.4, 0.5) is 5.69 Å². The number of hydrogen-bond acceptors (Lipinski definition) is 5. The number of carbonyl (C=O) groups is 1. The first kappa shape index (κ1) is 18.3. The molecule has 0 aliphatic heterocycles. The normalized spacial score (nSPS) is 10.4. The van der Waals surface area contributed by atoms with Crippen LogP contribution in [0.25, 0.3) is 11.3 Å². The number of ether oxygens (including phenoxy) is 1. The summed E-state index contributed by atoms with van der Waals surface area (Å²) in [5.74, 6) is 0.946. The van der Waals surface area contributed by atoms with E-state index >= 15 is 0 Å². The topological polar surface area (TPSA) is 77.0 Å². The molecule has 2 heterocycles. The first-order valence-electron chi connectivity index (χ1n) is 9.07. The van der Waals surface area contributed by atoms with Crippen molar-refractivity contribution in [3.05, 3.63) is 96.6 Å². The molecule has 6 heteroatoms. The number of nitrogens with zero attached hydrogens (tertiary/aromatic N) is 3. The van der Waals surface area contributed by atoms with E-state index in [1.165, 1.54) is 6.33 Å². The lowest BCUT2D eigenvalue weighted by Gasteiger charge is -2.13. The molecule has 4 aromatic rings. The van der Waals surface area contributed by atoms with Crippen molar-refractivity contribution in [3.63, 3.8) is 0 Å². The van der Waals surface area contributed by atoms with Crippen LogP contribution in [0.2, 0.25) is 0 Å². The number of amides is 1. The molecule has 6 nitrogen and oxygen atoms in total. The number of aromatic nitrogens is 3. The van der Waals surface area contributed by atoms with Crippen LogP contribution in [0.3, 0.4) is 0 Å². The monoisotopic (exact) mass is 382 g/mol. The van der Waals surface area contributed by atoms with Gasteiger partial charge < -0.3 is 10.1 Å². The molecular weight excluding hydrogens is 364 g/mol. The quantitative estimate of drug-likeness (QED) is 0.532. The molecule has 0 aliphatic rings. The van der Waals surface area contributed by atoms with Crippen LogP contribution in [-0.2, 0) is 0 Å². The maximum Gasteiger partial charge on any atom is 0.255 e. The Morgan fingerprint density at radius 1 is 0.931 bits per heavy atom. The van der Waals surface area contributed by atoms with Crippen LogP contribution in [0.1, 0.15) is 15.9 Å². The van der Waals surface area contributed by atoms with Crippen molar-refractivity contribution >= 4 is 11.6 Å². The van der Waals surface area contributed by atoms with Gasteiger partial charge >= 0.3 is 0 Å². The Bertz CT molecular complexity index is 1130. The smallest absolute Gasteiger partial charge is 0.255 e. The van der Waals surface area contributed by atoms with Gasteiger partial charge in [0.2, 0.25) is 5.88 Å². The van der Waals surface area contributed by atoms with Gasteiger partial charge in [-0.1, -0.05) is 18.2 Å². The second-order valence-corrected chi connectivity index (χ2v) is 6.35. The highest BCUT2D eigenvalue weighted by Gasteiger charge is 2.12. The van der Waals surface area contributed by atoms with Crippen LogP contribution >= 0.6 is 0 Å². The van der Waals surface area contributed by atoms with Crippen LogP contribution in [0.5, 0.6) is 11.6 Å². The van der Waals surface area contributed by atoms with E-state index in [9.17, 15) is 4.79 Å². The molecule has 29 heavy (non-hydrogen) atoms. The van der Waals surface area contributed by atoms with E-state index < -0.39 is 0 Å². The average Bonchev–Trinajstić information content (AvgIpc) is 2.77. The Hall–Kier alpha value is -4.06. The van der Waals surface area contributed by atoms with Crippen LogP contribution < -0.4 is 10.1 Å². The number of anilines is 1. The molecule has 2 aromatic carbocycles. The lowest BCUT2D eigenvalue weighted by atomic mass is 10.1. The van der Waals surface area contributed by atoms with Gasteiger partial charge in [0.25, 0.3) is 5.91 Å². The third kappa shape index (κ3) is 4.27. The summed E-state index contributed by atoms with van der Waals surface area (Å²) in [6.45, 7) is 1.92. The molecule has 1 N–H and O–H groups in total. The van der Waals surface area contributed by atoms with Gasteiger partial charge in [0.1, 0.15) is 12.1 Å². The fraction of sp³-hybridized carbons (Fsp3) is 0.0435. The Morgan fingerprint density at radius 2 is 1.79 bits per heavy atom. The minimum atomic E-state index is -0.158. The summed E-state index contributed by atoms with van der Waals surface area (Å²) < 4.78 is 6.06. The average molecular weight is 382 g/mol. The lowest BCUT2D eigenvalue weighted by molar-refractivity contribution is 0.102. The van der Waals surface area contributed by atoms with Gasteiger partial charge in [-0.15, -0.1) is 0 Å². The Kier molecular flexibility index (Phi) is 5.25. The summed E-state index contributed by atoms with van der Waals surface area (Å²) in [7, 11) is 0. The molecule has 0 aliphatic carbocycles. The largest absolute Gasteiger partial charge is 0.438 e. The Balaban J connectivity index is 1.55. The van der Waals surface area contributed by atoms with Crippen LogP contribution in [0.15, 0.2) is 85.5 Å². The van der Waals surface area contributed by atoms with Gasteiger partial charge in [-0.3, -0.25) is 4.79 Å². The molecule has 142 valence electrons. The SMILES string of the molecule is Cc1cc(NC(=O)c2ccccc2)ccc1Oc1ncccc1-c1ccncn1. The number of nitrogens with one attached hydrogen (secondary N) is 1. The molecule has 0 bridgehead atoms. The van der Waals surface area contributed by atoms with Crippen LogP contribution in [0, 0.1) is 6.92 Å². The Morgan fingerprint density at radius 3 is 2.55 bits per heavy atom. The highest BCUT2D eigenvalue weighted by Crippen LogP contribution is 2.32. The molecule has 0 radical (unpaired) electrons. The fourth-order valence-electron chi connectivity index (χ4n) is 2.86. The number of carbonyl (C=O) groups excluding carboxylic acids is 1. The number of pyridine rings is 1. The van der Waals surface area contributed by atoms with Crippen molar-refractivity contribution in [2.75, 3.05) is 5.32 Å². The molecule has 0 saturated heterocycles. The highest BCUT2D eigenvalue weighted by molar-refractivity contribution is 6.04. The van der Waals surface area contributed by atoms with Crippen molar-refractivity contribution in [3.8, 4) is 22.9 Å². The maximum atomic E-state index is 12.3. The summed E-state index contributed by atoms with van der Waals surface area (Å²) in [5, 5.41) is 2.90. The van der Waals surface area contributed by atoms with E-state index in [2.05, 4.69) is 20.3 Å². The predicted molar refractivity (Wildman–Crippen MR) is 111 cm³/mol. The van der Waals surface area contributed by atoms with Crippen molar-refractivity contribution in [2.45, 2.75) is 6.92 Å². The zero-order valence-electron chi connectivity index (χ0n) is 15.7. The van der Waals surface area contributed by atoms with Gasteiger partial charge in [-0.2, -0.15) is 0 Å². The molecule has 0 spiro atoms. The summed E-state index contributed by atoms with van der Waals surface area (Å²) >= 11 is 0. The number of hydrogen-bond donors (Lipinski definition) is 1. The maximum absolute atomic E-state index is 12.3. The zero-order chi connectivity index (χ0) is 20.1. The standard InChI is InChI=1S/C23H18N4O2/c1-16-14-18(27-22(28)17-6-3-2-4-7-17)9-10-21(16)29-23-19(8-5-12-25-23)20-11-13-24-15-26-20/h2-15H,1H3,(H,27,28). The molecule has 0 saturated carbocycles. The van der Waals surface area contributed by atoms with E-state index in [4.69, 9.17) is 4.74 Å². The van der Waals surface area contributed by atoms with E-state index in [0.717, 1.165) is 16.8 Å². The number of benzene rings is 2. The third-order valence-electron chi connectivity index (χ3n) is 4.30. The minimum Gasteiger partial charge on any atom is -0.438 e. The van der Waals surface area contributed by atoms with Gasteiger partial charge in [-0.05, 0) is 61.0 Å². The highest BCUT2D eigenvalue weighted by atomic mass is 16.5. The van der Waals surface area contributed by atoms with Crippen molar-refractivity contribution in [1.82, 2.24) is 15.0 Å². The van der Waals surface area contributed by atoms with E-state index in [1.54, 1.807) is 36.7 Å². The van der Waals surface area contributed by atoms with Gasteiger partial charge in [0, 0.05) is 23.6 Å². The Labute approximate surface area is 168 Å². The molecule has 0 fully saturated rings. The van der Waals surface area contributed by atoms with Crippen molar-refractivity contribution in [2.24, 2.45) is 0 Å². The molecule has 0 atom stereocenters. The molecular formula is C23H18N4O2. The molecule has 1 amide bonds. The van der Waals surface area contributed by atoms with E-state index in [0.29, 0.717) is 22.9 Å². The van der Waals surface area contributed by atoms with Gasteiger partial charge in [0.05, 0.1) is 11.3 Å². The predicted octanol–water partition coefficient (Wildman–Crippen LogP) is 4.89. The van der Waals surface area contributed by atoms with Crippen molar-refractivity contribution < 1.29 is 9.53 Å². The third-order valence-corrected chi connectivity index (χ3v) is 4.30. The summed E-state index contributed by atoms with van der Waals surface area (Å²) in [6, 6.07) is 20.1. The minimum absolute atomic E-state index is 0.158. The summed E-state index contributed by atoms with van der Waals surface area (Å²) in [6.07, 6.45) is 4.83. The van der Waals surface area contributed by atoms with Crippen LogP contribution in [-0.4, -0.2) is 20.9 Å². The zero-order valence-corrected chi connectivity index (χ0v) is 15.7. The summed E-state index contributed by atoms with van der Waals surface area (Å²) in [4.78, 5) is 24.9. The molecule has 2 aromatic heterocycles. The number of aryl methyl sites for hydroxylation is 1. The second kappa shape index (κ2) is 8.31. The molecule has 4 rings (SSSR count). The van der Waals surface area contributed by atoms with Gasteiger partial charge in [-0.25, -0.2) is 15.0 Å². The lowest BCUT2D eigenvalue weighted by Crippen LogP contribution is -2.11. The number of rotatable bonds is 5. The van der Waals surface area contributed by atoms with Crippen molar-refractivity contribution in [1.29, 1.82) is 0 Å². The van der Waals surface area contributed by atoms with Gasteiger partial charge in [0.15, 0.2) is 0 Å². The fourth-order valence-corrected chi connectivity index (χ4v) is 2.86. The first-order valence-corrected chi connectivity index (χ1v) is 9.07. The van der Waals surface area contributed by atoms with E-state index in [-0.39, 0.29) is 5.91 Å². The first-order chi connectivity index (χ1) is 14.2. The second-order valence-electron chi connectivity index (χ2n) is 6.35.